The summed E-state index contributed by atoms with van der Waals surface area (Å²) >= 11 is 0. The first-order valence-electron chi connectivity index (χ1n) is 4.44. The fourth-order valence-electron chi connectivity index (χ4n) is 1.14. The zero-order valence-electron chi connectivity index (χ0n) is 8.99. The van der Waals surface area contributed by atoms with Gasteiger partial charge in [-0.3, -0.25) is 14.4 Å². The molecule has 0 aromatic heterocycles. The number of aliphatic carboxylic acids is 2. The van der Waals surface area contributed by atoms with Gasteiger partial charge in [-0.2, -0.15) is 0 Å². The number of carboxylic acids is 2. The van der Waals surface area contributed by atoms with E-state index in [1.54, 1.807) is 0 Å². The molecule has 9 nitrogen and oxygen atoms in total. The van der Waals surface area contributed by atoms with Crippen molar-refractivity contribution < 1.29 is 34.1 Å². The summed E-state index contributed by atoms with van der Waals surface area (Å²) in [7, 11) is 0. The molecule has 0 heterocycles. The predicted molar refractivity (Wildman–Crippen MR) is 54.3 cm³/mol. The van der Waals surface area contributed by atoms with E-state index in [9.17, 15) is 24.1 Å². The first-order valence-corrected chi connectivity index (χ1v) is 4.44. The standard InChI is InChI=1S/C9H9NO8/c1-2-7(15)18-9(3-5(11)12,4-6(13)14)8(16)10-17/h2H,1,3-4H2,(H,11,12)(H,13,14). The second-order valence-corrected chi connectivity index (χ2v) is 3.16. The average Bonchev–Trinajstić information content (AvgIpc) is 2.25. The van der Waals surface area contributed by atoms with Crippen LogP contribution in [0.5, 0.6) is 0 Å². The average molecular weight is 259 g/mol. The van der Waals surface area contributed by atoms with Gasteiger partial charge >= 0.3 is 23.8 Å². The highest BCUT2D eigenvalue weighted by molar-refractivity contribution is 5.96. The number of amides is 1. The molecule has 0 fully saturated rings. The number of esters is 1. The second kappa shape index (κ2) is 6.23. The van der Waals surface area contributed by atoms with Gasteiger partial charge in [0.15, 0.2) is 0 Å². The van der Waals surface area contributed by atoms with Crippen molar-refractivity contribution in [3.05, 3.63) is 17.6 Å². The summed E-state index contributed by atoms with van der Waals surface area (Å²) in [6.45, 7) is 3.00. The van der Waals surface area contributed by atoms with Crippen LogP contribution in [-0.4, -0.2) is 39.6 Å². The van der Waals surface area contributed by atoms with Crippen LogP contribution in [0.3, 0.4) is 0 Å². The van der Waals surface area contributed by atoms with Crippen LogP contribution in [-0.2, 0) is 23.9 Å². The van der Waals surface area contributed by atoms with E-state index >= 15 is 0 Å². The van der Waals surface area contributed by atoms with Crippen molar-refractivity contribution >= 4 is 23.8 Å². The lowest BCUT2D eigenvalue weighted by molar-refractivity contribution is -0.172. The van der Waals surface area contributed by atoms with Gasteiger partial charge in [-0.05, 0) is 0 Å². The number of hydrogen-bond acceptors (Lipinski definition) is 6. The van der Waals surface area contributed by atoms with Gasteiger partial charge < -0.3 is 14.9 Å². The molecule has 2 N–H and O–H groups in total. The lowest BCUT2D eigenvalue weighted by Gasteiger charge is -2.25. The number of nitrogens with zero attached hydrogens (tertiary/aromatic N) is 1. The molecule has 0 aliphatic heterocycles. The lowest BCUT2D eigenvalue weighted by atomic mass is 9.94. The minimum Gasteiger partial charge on any atom is -0.481 e. The van der Waals surface area contributed by atoms with Crippen molar-refractivity contribution in [2.75, 3.05) is 0 Å². The third kappa shape index (κ3) is 4.12. The predicted octanol–water partition coefficient (Wildman–Crippen LogP) is -0.303. The van der Waals surface area contributed by atoms with Crippen LogP contribution in [0.15, 0.2) is 17.8 Å². The second-order valence-electron chi connectivity index (χ2n) is 3.16. The van der Waals surface area contributed by atoms with Crippen molar-refractivity contribution in [3.63, 3.8) is 0 Å². The van der Waals surface area contributed by atoms with Crippen LogP contribution in [0.4, 0.5) is 0 Å². The third-order valence-corrected chi connectivity index (χ3v) is 1.81. The number of carbonyl (C=O) groups excluding carboxylic acids is 2. The molecule has 0 unspecified atom stereocenters. The van der Waals surface area contributed by atoms with Crippen molar-refractivity contribution in [1.82, 2.24) is 0 Å². The summed E-state index contributed by atoms with van der Waals surface area (Å²) in [6, 6.07) is 0. The van der Waals surface area contributed by atoms with Crippen LogP contribution < -0.4 is 0 Å². The summed E-state index contributed by atoms with van der Waals surface area (Å²) in [5, 5.41) is 19.1. The molecule has 0 aromatic carbocycles. The Labute approximate surface area is 100 Å². The molecule has 0 bridgehead atoms. The van der Waals surface area contributed by atoms with Gasteiger partial charge in [-0.1, -0.05) is 6.58 Å². The fourth-order valence-corrected chi connectivity index (χ4v) is 1.14. The first-order chi connectivity index (χ1) is 8.27. The van der Waals surface area contributed by atoms with Crippen LogP contribution >= 0.6 is 0 Å². The van der Waals surface area contributed by atoms with Crippen molar-refractivity contribution in [2.24, 2.45) is 5.18 Å². The molecule has 0 spiro atoms. The smallest absolute Gasteiger partial charge is 0.331 e. The maximum absolute atomic E-state index is 11.2. The van der Waals surface area contributed by atoms with Gasteiger partial charge in [0, 0.05) is 11.3 Å². The highest BCUT2D eigenvalue weighted by Crippen LogP contribution is 2.24. The molecule has 1 amide bonds. The number of ether oxygens (including phenoxy) is 1. The molecule has 0 aliphatic carbocycles. The first kappa shape index (κ1) is 15.4. The van der Waals surface area contributed by atoms with Gasteiger partial charge in [0.25, 0.3) is 0 Å². The van der Waals surface area contributed by atoms with Crippen molar-refractivity contribution in [3.8, 4) is 0 Å². The lowest BCUT2D eigenvalue weighted by Crippen LogP contribution is -2.46. The minimum atomic E-state index is -2.66. The molecular formula is C9H9NO8. The van der Waals surface area contributed by atoms with Gasteiger partial charge in [-0.25, -0.2) is 4.79 Å². The molecular weight excluding hydrogens is 250 g/mol. The number of rotatable bonds is 7. The molecule has 98 valence electrons. The molecule has 0 saturated carbocycles. The summed E-state index contributed by atoms with van der Waals surface area (Å²) in [5.41, 5.74) is -2.66. The summed E-state index contributed by atoms with van der Waals surface area (Å²) < 4.78 is 4.40. The fraction of sp³-hybridized carbons (Fsp3) is 0.333. The van der Waals surface area contributed by atoms with E-state index in [0.29, 0.717) is 6.08 Å². The van der Waals surface area contributed by atoms with Gasteiger partial charge in [0.05, 0.1) is 12.8 Å². The van der Waals surface area contributed by atoms with Crippen LogP contribution in [0.2, 0.25) is 0 Å². The highest BCUT2D eigenvalue weighted by Gasteiger charge is 2.47. The molecule has 0 saturated heterocycles. The molecule has 0 atom stereocenters. The molecule has 0 aliphatic rings. The molecule has 0 aromatic rings. The molecule has 0 radical (unpaired) electrons. The van der Waals surface area contributed by atoms with E-state index in [1.807, 2.05) is 5.18 Å². The van der Waals surface area contributed by atoms with E-state index < -0.39 is 42.3 Å². The zero-order chi connectivity index (χ0) is 14.3. The number of carbonyl (C=O) groups is 4. The van der Waals surface area contributed by atoms with Gasteiger partial charge in [0.2, 0.25) is 5.60 Å². The largest absolute Gasteiger partial charge is 0.481 e. The zero-order valence-corrected chi connectivity index (χ0v) is 8.99. The van der Waals surface area contributed by atoms with Crippen molar-refractivity contribution in [1.29, 1.82) is 0 Å². The summed E-state index contributed by atoms with van der Waals surface area (Å²) in [5.74, 6) is -6.20. The van der Waals surface area contributed by atoms with Crippen LogP contribution in [0.25, 0.3) is 0 Å². The van der Waals surface area contributed by atoms with E-state index in [4.69, 9.17) is 10.2 Å². The molecule has 18 heavy (non-hydrogen) atoms. The highest BCUT2D eigenvalue weighted by atomic mass is 16.6. The monoisotopic (exact) mass is 259 g/mol. The SMILES string of the molecule is C=CC(=O)OC(CC(=O)O)(CC(=O)O)C(=O)N=O. The summed E-state index contributed by atoms with van der Waals surface area (Å²) in [4.78, 5) is 53.6. The van der Waals surface area contributed by atoms with E-state index in [0.717, 1.165) is 0 Å². The molecule has 9 heteroatoms. The Balaban J connectivity index is 5.50. The quantitative estimate of drug-likeness (QED) is 0.359. The summed E-state index contributed by atoms with van der Waals surface area (Å²) in [6.07, 6.45) is -1.79. The normalized spacial score (nSPS) is 10.2. The Morgan fingerprint density at radius 2 is 1.61 bits per heavy atom. The van der Waals surface area contributed by atoms with Crippen LogP contribution in [0, 0.1) is 4.91 Å². The van der Waals surface area contributed by atoms with Crippen LogP contribution in [0.1, 0.15) is 12.8 Å². The minimum absolute atomic E-state index is 0.594. The Hall–Kier alpha value is -2.58. The van der Waals surface area contributed by atoms with E-state index in [-0.39, 0.29) is 0 Å². The number of hydrogen-bond donors (Lipinski definition) is 2. The molecule has 0 rings (SSSR count). The van der Waals surface area contributed by atoms with Gasteiger partial charge in [0.1, 0.15) is 0 Å². The maximum Gasteiger partial charge on any atom is 0.331 e. The number of nitroso groups, excluding NO2 is 1. The maximum atomic E-state index is 11.2. The third-order valence-electron chi connectivity index (χ3n) is 1.81. The Bertz CT molecular complexity index is 397. The Morgan fingerprint density at radius 3 is 1.89 bits per heavy atom. The van der Waals surface area contributed by atoms with E-state index in [2.05, 4.69) is 11.3 Å². The Morgan fingerprint density at radius 1 is 1.17 bits per heavy atom. The van der Waals surface area contributed by atoms with Crippen molar-refractivity contribution in [2.45, 2.75) is 18.4 Å². The Kier molecular flexibility index (Phi) is 5.34. The topological polar surface area (TPSA) is 147 Å². The number of carboxylic acid groups (broad SMARTS) is 2. The van der Waals surface area contributed by atoms with Gasteiger partial charge in [-0.15, -0.1) is 4.91 Å². The van der Waals surface area contributed by atoms with E-state index in [1.165, 1.54) is 0 Å².